The van der Waals surface area contributed by atoms with Gasteiger partial charge < -0.3 is 10.2 Å². The van der Waals surface area contributed by atoms with Gasteiger partial charge in [0, 0.05) is 39.3 Å². The largest absolute Gasteiger partial charge is 0.391 e. The summed E-state index contributed by atoms with van der Waals surface area (Å²) in [6.45, 7) is 10.9. The number of hydrogen-bond acceptors (Lipinski definition) is 4. The summed E-state index contributed by atoms with van der Waals surface area (Å²) >= 11 is 0. The van der Waals surface area contributed by atoms with Gasteiger partial charge in [0.15, 0.2) is 0 Å². The molecular weight excluding hydrogens is 295 g/mol. The molecule has 2 rings (SSSR count). The summed E-state index contributed by atoms with van der Waals surface area (Å²) in [4.78, 5) is 4.49. The van der Waals surface area contributed by atoms with Crippen molar-refractivity contribution in [2.75, 3.05) is 39.3 Å². The van der Waals surface area contributed by atoms with Gasteiger partial charge in [-0.2, -0.15) is 0 Å². The maximum absolute atomic E-state index is 12.9. The minimum Gasteiger partial charge on any atom is -0.391 e. The first-order valence-electron chi connectivity index (χ1n) is 8.32. The summed E-state index contributed by atoms with van der Waals surface area (Å²) in [5.41, 5.74) is 0.646. The molecule has 4 nitrogen and oxygen atoms in total. The average Bonchev–Trinajstić information content (AvgIpc) is 2.49. The first-order valence-corrected chi connectivity index (χ1v) is 8.32. The molecular formula is C18H29FN2O2. The van der Waals surface area contributed by atoms with Gasteiger partial charge in [-0.25, -0.2) is 4.39 Å². The second kappa shape index (κ2) is 7.71. The third-order valence-electron chi connectivity index (χ3n) is 4.58. The lowest BCUT2D eigenvalue weighted by atomic mass is 9.89. The molecule has 0 aliphatic carbocycles. The first kappa shape index (κ1) is 18.3. The lowest BCUT2D eigenvalue weighted by Gasteiger charge is -2.38. The van der Waals surface area contributed by atoms with E-state index in [2.05, 4.69) is 9.80 Å². The molecule has 2 N–H and O–H groups in total. The standard InChI is InChI=1S/C18H29FN2O2/c1-18(2,3)17(23)13-21-10-8-20(9-11-21)12-16(22)14-4-6-15(19)7-5-14/h4-7,16-17,22-23H,8-13H2,1-3H3/t16-,17+/m0/s1. The fourth-order valence-corrected chi connectivity index (χ4v) is 2.71. The van der Waals surface area contributed by atoms with E-state index in [1.165, 1.54) is 12.1 Å². The van der Waals surface area contributed by atoms with E-state index in [-0.39, 0.29) is 17.3 Å². The molecule has 0 aromatic heterocycles. The van der Waals surface area contributed by atoms with Crippen LogP contribution in [0.15, 0.2) is 24.3 Å². The Morgan fingerprint density at radius 2 is 1.43 bits per heavy atom. The quantitative estimate of drug-likeness (QED) is 0.868. The predicted molar refractivity (Wildman–Crippen MR) is 89.7 cm³/mol. The SMILES string of the molecule is CC(C)(C)[C@H](O)CN1CCN(C[C@H](O)c2ccc(F)cc2)CC1. The maximum atomic E-state index is 12.9. The van der Waals surface area contributed by atoms with Gasteiger partial charge in [-0.05, 0) is 23.1 Å². The molecule has 1 aromatic rings. The number of rotatable bonds is 5. The van der Waals surface area contributed by atoms with Gasteiger partial charge in [-0.1, -0.05) is 32.9 Å². The van der Waals surface area contributed by atoms with E-state index in [0.717, 1.165) is 31.7 Å². The van der Waals surface area contributed by atoms with Crippen LogP contribution in [-0.2, 0) is 0 Å². The fourth-order valence-electron chi connectivity index (χ4n) is 2.71. The van der Waals surface area contributed by atoms with E-state index in [1.807, 2.05) is 20.8 Å². The average molecular weight is 324 g/mol. The van der Waals surface area contributed by atoms with Crippen molar-refractivity contribution in [1.82, 2.24) is 9.80 Å². The fraction of sp³-hybridized carbons (Fsp3) is 0.667. The molecule has 0 spiro atoms. The zero-order chi connectivity index (χ0) is 17.0. The Hall–Kier alpha value is -1.01. The minimum absolute atomic E-state index is 0.101. The Morgan fingerprint density at radius 3 is 1.91 bits per heavy atom. The van der Waals surface area contributed by atoms with Crippen LogP contribution in [0.5, 0.6) is 0 Å². The van der Waals surface area contributed by atoms with Crippen molar-refractivity contribution in [2.24, 2.45) is 5.41 Å². The van der Waals surface area contributed by atoms with Crippen LogP contribution >= 0.6 is 0 Å². The van der Waals surface area contributed by atoms with Crippen LogP contribution in [0.25, 0.3) is 0 Å². The Kier molecular flexibility index (Phi) is 6.14. The van der Waals surface area contributed by atoms with Gasteiger partial charge in [-0.15, -0.1) is 0 Å². The third kappa shape index (κ3) is 5.53. The molecule has 23 heavy (non-hydrogen) atoms. The zero-order valence-electron chi connectivity index (χ0n) is 14.4. The van der Waals surface area contributed by atoms with Crippen molar-refractivity contribution in [3.8, 4) is 0 Å². The minimum atomic E-state index is -0.595. The second-order valence-corrected chi connectivity index (χ2v) is 7.55. The summed E-state index contributed by atoms with van der Waals surface area (Å²) in [5.74, 6) is -0.285. The predicted octanol–water partition coefficient (Wildman–Crippen LogP) is 1.88. The van der Waals surface area contributed by atoms with Gasteiger partial charge in [0.2, 0.25) is 0 Å². The highest BCUT2D eigenvalue weighted by Gasteiger charge is 2.27. The molecule has 0 unspecified atom stereocenters. The number of benzene rings is 1. The number of aliphatic hydroxyl groups is 2. The van der Waals surface area contributed by atoms with Crippen LogP contribution in [0, 0.1) is 11.2 Å². The zero-order valence-corrected chi connectivity index (χ0v) is 14.4. The Morgan fingerprint density at radius 1 is 0.957 bits per heavy atom. The molecule has 130 valence electrons. The van der Waals surface area contributed by atoms with Crippen LogP contribution in [-0.4, -0.2) is 65.4 Å². The molecule has 1 aromatic carbocycles. The van der Waals surface area contributed by atoms with Crippen LogP contribution in [0.2, 0.25) is 0 Å². The second-order valence-electron chi connectivity index (χ2n) is 7.55. The first-order chi connectivity index (χ1) is 10.8. The summed E-state index contributed by atoms with van der Waals surface area (Å²) in [7, 11) is 0. The van der Waals surface area contributed by atoms with E-state index in [9.17, 15) is 14.6 Å². The molecule has 0 amide bonds. The van der Waals surface area contributed by atoms with Crippen molar-refractivity contribution in [2.45, 2.75) is 33.0 Å². The van der Waals surface area contributed by atoms with Gasteiger partial charge in [0.1, 0.15) is 5.82 Å². The smallest absolute Gasteiger partial charge is 0.123 e. The van der Waals surface area contributed by atoms with Crippen molar-refractivity contribution in [3.05, 3.63) is 35.6 Å². The molecule has 0 bridgehead atoms. The third-order valence-corrected chi connectivity index (χ3v) is 4.58. The number of piperazine rings is 1. The lowest BCUT2D eigenvalue weighted by molar-refractivity contribution is 0.00718. The Labute approximate surface area is 138 Å². The number of β-amino-alcohol motifs (C(OH)–C–C–N with tert-alkyl or cyclic N) is 2. The van der Waals surface area contributed by atoms with Gasteiger partial charge >= 0.3 is 0 Å². The normalized spacial score (nSPS) is 20.4. The van der Waals surface area contributed by atoms with Crippen molar-refractivity contribution in [3.63, 3.8) is 0 Å². The highest BCUT2D eigenvalue weighted by molar-refractivity contribution is 5.18. The Bertz CT molecular complexity index is 479. The Balaban J connectivity index is 1.77. The van der Waals surface area contributed by atoms with Crippen molar-refractivity contribution >= 4 is 0 Å². The van der Waals surface area contributed by atoms with E-state index in [1.54, 1.807) is 12.1 Å². The summed E-state index contributed by atoms with van der Waals surface area (Å²) in [6.07, 6.45) is -0.929. The summed E-state index contributed by atoms with van der Waals surface area (Å²) in [6, 6.07) is 6.03. The van der Waals surface area contributed by atoms with Crippen molar-refractivity contribution in [1.29, 1.82) is 0 Å². The molecule has 2 atom stereocenters. The van der Waals surface area contributed by atoms with E-state index in [4.69, 9.17) is 0 Å². The van der Waals surface area contributed by atoms with E-state index in [0.29, 0.717) is 13.1 Å². The molecule has 0 saturated carbocycles. The highest BCUT2D eigenvalue weighted by atomic mass is 19.1. The van der Waals surface area contributed by atoms with Crippen molar-refractivity contribution < 1.29 is 14.6 Å². The molecule has 1 heterocycles. The molecule has 5 heteroatoms. The molecule has 1 aliphatic heterocycles. The molecule has 1 aliphatic rings. The van der Waals surface area contributed by atoms with Crippen LogP contribution in [0.4, 0.5) is 4.39 Å². The number of hydrogen-bond donors (Lipinski definition) is 2. The molecule has 1 saturated heterocycles. The van der Waals surface area contributed by atoms with Gasteiger partial charge in [-0.3, -0.25) is 9.80 Å². The summed E-state index contributed by atoms with van der Waals surface area (Å²) < 4.78 is 12.9. The molecule has 1 fully saturated rings. The van der Waals surface area contributed by atoms with Gasteiger partial charge in [0.25, 0.3) is 0 Å². The van der Waals surface area contributed by atoms with Gasteiger partial charge in [0.05, 0.1) is 12.2 Å². The maximum Gasteiger partial charge on any atom is 0.123 e. The lowest BCUT2D eigenvalue weighted by Crippen LogP contribution is -2.50. The van der Waals surface area contributed by atoms with Crippen LogP contribution < -0.4 is 0 Å². The number of nitrogens with zero attached hydrogens (tertiary/aromatic N) is 2. The number of halogens is 1. The van der Waals surface area contributed by atoms with E-state index < -0.39 is 6.10 Å². The highest BCUT2D eigenvalue weighted by Crippen LogP contribution is 2.21. The van der Waals surface area contributed by atoms with Crippen LogP contribution in [0.1, 0.15) is 32.4 Å². The monoisotopic (exact) mass is 324 g/mol. The summed E-state index contributed by atoms with van der Waals surface area (Å²) in [5, 5.41) is 20.5. The topological polar surface area (TPSA) is 46.9 Å². The number of aliphatic hydroxyl groups excluding tert-OH is 2. The van der Waals surface area contributed by atoms with Crippen LogP contribution in [0.3, 0.4) is 0 Å². The van der Waals surface area contributed by atoms with E-state index >= 15 is 0 Å². The molecule has 0 radical (unpaired) electrons.